The summed E-state index contributed by atoms with van der Waals surface area (Å²) in [7, 11) is 0. The van der Waals surface area contributed by atoms with Crippen molar-refractivity contribution in [3.8, 4) is 0 Å². The first-order chi connectivity index (χ1) is 10.4. The minimum Gasteiger partial charge on any atom is -0.478 e. The number of likely N-dealkylation sites (tertiary alicyclic amines) is 1. The van der Waals surface area contributed by atoms with Crippen LogP contribution >= 0.6 is 0 Å². The number of carboxylic acids is 1. The van der Waals surface area contributed by atoms with E-state index >= 15 is 0 Å². The van der Waals surface area contributed by atoms with Crippen LogP contribution in [0.2, 0.25) is 0 Å². The molecule has 1 heterocycles. The third kappa shape index (κ3) is 3.24. The van der Waals surface area contributed by atoms with E-state index < -0.39 is 23.7 Å². The van der Waals surface area contributed by atoms with Gasteiger partial charge >= 0.3 is 5.97 Å². The fourth-order valence-electron chi connectivity index (χ4n) is 2.51. The Bertz CT molecular complexity index is 618. The smallest absolute Gasteiger partial charge is 0.335 e. The molecular formula is C15H17FN2O4. The molecule has 0 aliphatic carbocycles. The number of hydrogen-bond donors (Lipinski definition) is 2. The normalized spacial score (nSPS) is 15.7. The summed E-state index contributed by atoms with van der Waals surface area (Å²) in [6.45, 7) is 2.30. The molecule has 7 heteroatoms. The maximum Gasteiger partial charge on any atom is 0.335 e. The van der Waals surface area contributed by atoms with E-state index in [1.165, 1.54) is 17.0 Å². The van der Waals surface area contributed by atoms with Crippen LogP contribution in [0, 0.1) is 5.82 Å². The van der Waals surface area contributed by atoms with Crippen LogP contribution in [0.1, 0.15) is 36.5 Å². The SMILES string of the molecule is CCC(C(=O)Nc1ccc(C(=O)O)cc1F)N1CCCC1=O. The van der Waals surface area contributed by atoms with Crippen LogP contribution in [-0.4, -0.2) is 40.4 Å². The molecule has 1 unspecified atom stereocenters. The van der Waals surface area contributed by atoms with Crippen molar-refractivity contribution in [2.75, 3.05) is 11.9 Å². The van der Waals surface area contributed by atoms with Gasteiger partial charge in [-0.1, -0.05) is 6.92 Å². The summed E-state index contributed by atoms with van der Waals surface area (Å²) in [6.07, 6.45) is 1.56. The number of anilines is 1. The average molecular weight is 308 g/mol. The van der Waals surface area contributed by atoms with Crippen LogP contribution in [0.5, 0.6) is 0 Å². The minimum absolute atomic E-state index is 0.0799. The molecule has 0 spiro atoms. The van der Waals surface area contributed by atoms with Gasteiger partial charge in [-0.3, -0.25) is 9.59 Å². The number of carbonyl (C=O) groups excluding carboxylic acids is 2. The molecule has 1 fully saturated rings. The summed E-state index contributed by atoms with van der Waals surface area (Å²) in [6, 6.07) is 2.62. The Morgan fingerprint density at radius 3 is 2.68 bits per heavy atom. The summed E-state index contributed by atoms with van der Waals surface area (Å²) < 4.78 is 13.8. The van der Waals surface area contributed by atoms with Gasteiger partial charge in [-0.05, 0) is 31.0 Å². The highest BCUT2D eigenvalue weighted by atomic mass is 19.1. The molecule has 1 saturated heterocycles. The molecular weight excluding hydrogens is 291 g/mol. The number of carboxylic acid groups (broad SMARTS) is 1. The largest absolute Gasteiger partial charge is 0.478 e. The zero-order valence-corrected chi connectivity index (χ0v) is 12.1. The lowest BCUT2D eigenvalue weighted by Gasteiger charge is -2.25. The summed E-state index contributed by atoms with van der Waals surface area (Å²) in [4.78, 5) is 36.2. The van der Waals surface area contributed by atoms with Crippen molar-refractivity contribution in [1.82, 2.24) is 4.90 Å². The number of benzene rings is 1. The fourth-order valence-corrected chi connectivity index (χ4v) is 2.51. The third-order valence-electron chi connectivity index (χ3n) is 3.65. The van der Waals surface area contributed by atoms with Gasteiger partial charge in [0, 0.05) is 13.0 Å². The minimum atomic E-state index is -1.24. The monoisotopic (exact) mass is 308 g/mol. The summed E-state index contributed by atoms with van der Waals surface area (Å²) >= 11 is 0. The van der Waals surface area contributed by atoms with Crippen molar-refractivity contribution >= 4 is 23.5 Å². The Morgan fingerprint density at radius 2 is 2.18 bits per heavy atom. The molecule has 0 bridgehead atoms. The van der Waals surface area contributed by atoms with Gasteiger partial charge in [-0.15, -0.1) is 0 Å². The van der Waals surface area contributed by atoms with Gasteiger partial charge in [-0.2, -0.15) is 0 Å². The molecule has 0 saturated carbocycles. The highest BCUT2D eigenvalue weighted by Gasteiger charge is 2.31. The first-order valence-corrected chi connectivity index (χ1v) is 7.07. The maximum atomic E-state index is 13.8. The molecule has 1 aliphatic heterocycles. The van der Waals surface area contributed by atoms with Crippen LogP contribution in [-0.2, 0) is 9.59 Å². The molecule has 1 aliphatic rings. The number of aromatic carboxylic acids is 1. The number of carbonyl (C=O) groups is 3. The van der Waals surface area contributed by atoms with E-state index in [0.29, 0.717) is 25.8 Å². The van der Waals surface area contributed by atoms with Crippen molar-refractivity contribution in [1.29, 1.82) is 0 Å². The van der Waals surface area contributed by atoms with Gasteiger partial charge < -0.3 is 15.3 Å². The van der Waals surface area contributed by atoms with Crippen LogP contribution in [0.4, 0.5) is 10.1 Å². The first kappa shape index (κ1) is 15.9. The van der Waals surface area contributed by atoms with E-state index in [2.05, 4.69) is 5.32 Å². The second-order valence-electron chi connectivity index (χ2n) is 5.10. The van der Waals surface area contributed by atoms with Gasteiger partial charge in [0.1, 0.15) is 11.9 Å². The molecule has 0 aromatic heterocycles. The lowest BCUT2D eigenvalue weighted by atomic mass is 10.1. The molecule has 22 heavy (non-hydrogen) atoms. The van der Waals surface area contributed by atoms with Crippen LogP contribution in [0.3, 0.4) is 0 Å². The number of nitrogens with zero attached hydrogens (tertiary/aromatic N) is 1. The second kappa shape index (κ2) is 6.55. The number of rotatable bonds is 5. The molecule has 1 atom stereocenters. The van der Waals surface area contributed by atoms with Gasteiger partial charge in [0.05, 0.1) is 11.3 Å². The summed E-state index contributed by atoms with van der Waals surface area (Å²) in [5.74, 6) is -2.62. The van der Waals surface area contributed by atoms with Crippen molar-refractivity contribution < 1.29 is 23.9 Å². The Morgan fingerprint density at radius 1 is 1.45 bits per heavy atom. The highest BCUT2D eigenvalue weighted by Crippen LogP contribution is 2.20. The average Bonchev–Trinajstić information content (AvgIpc) is 2.88. The predicted octanol–water partition coefficient (Wildman–Crippen LogP) is 1.86. The zero-order chi connectivity index (χ0) is 16.3. The van der Waals surface area contributed by atoms with Crippen molar-refractivity contribution in [2.24, 2.45) is 0 Å². The molecule has 2 N–H and O–H groups in total. The lowest BCUT2D eigenvalue weighted by molar-refractivity contribution is -0.135. The van der Waals surface area contributed by atoms with E-state index in [9.17, 15) is 18.8 Å². The van der Waals surface area contributed by atoms with Crippen LogP contribution < -0.4 is 5.32 Å². The Labute approximate surface area is 126 Å². The summed E-state index contributed by atoms with van der Waals surface area (Å²) in [5.41, 5.74) is -0.294. The molecule has 1 aromatic carbocycles. The van der Waals surface area contributed by atoms with E-state index in [-0.39, 0.29) is 17.2 Å². The molecule has 1 aromatic rings. The van der Waals surface area contributed by atoms with E-state index in [1.54, 1.807) is 6.92 Å². The molecule has 118 valence electrons. The fraction of sp³-hybridized carbons (Fsp3) is 0.400. The standard InChI is InChI=1S/C15H17FN2O4/c1-2-12(18-7-3-4-13(18)19)14(20)17-11-6-5-9(15(21)22)8-10(11)16/h5-6,8,12H,2-4,7H2,1H3,(H,17,20)(H,21,22). The number of hydrogen-bond acceptors (Lipinski definition) is 3. The van der Waals surface area contributed by atoms with E-state index in [4.69, 9.17) is 5.11 Å². The number of nitrogens with one attached hydrogen (secondary N) is 1. The van der Waals surface area contributed by atoms with Crippen molar-refractivity contribution in [3.63, 3.8) is 0 Å². The summed E-state index contributed by atoms with van der Waals surface area (Å²) in [5, 5.41) is 11.2. The molecule has 2 amide bonds. The van der Waals surface area contributed by atoms with Crippen LogP contribution in [0.15, 0.2) is 18.2 Å². The highest BCUT2D eigenvalue weighted by molar-refractivity contribution is 5.98. The van der Waals surface area contributed by atoms with Gasteiger partial charge in [-0.25, -0.2) is 9.18 Å². The Kier molecular flexibility index (Phi) is 4.75. The van der Waals surface area contributed by atoms with E-state index in [1.807, 2.05) is 0 Å². The third-order valence-corrected chi connectivity index (χ3v) is 3.65. The Hall–Kier alpha value is -2.44. The number of halogens is 1. The maximum absolute atomic E-state index is 13.8. The van der Waals surface area contributed by atoms with Crippen molar-refractivity contribution in [2.45, 2.75) is 32.2 Å². The van der Waals surface area contributed by atoms with Gasteiger partial charge in [0.2, 0.25) is 11.8 Å². The quantitative estimate of drug-likeness (QED) is 0.869. The topological polar surface area (TPSA) is 86.7 Å². The van der Waals surface area contributed by atoms with E-state index in [0.717, 1.165) is 6.07 Å². The lowest BCUT2D eigenvalue weighted by Crippen LogP contribution is -2.44. The Balaban J connectivity index is 2.13. The zero-order valence-electron chi connectivity index (χ0n) is 12.1. The molecule has 0 radical (unpaired) electrons. The number of amides is 2. The van der Waals surface area contributed by atoms with Crippen molar-refractivity contribution in [3.05, 3.63) is 29.6 Å². The van der Waals surface area contributed by atoms with Gasteiger partial charge in [0.15, 0.2) is 0 Å². The van der Waals surface area contributed by atoms with Gasteiger partial charge in [0.25, 0.3) is 0 Å². The molecule has 6 nitrogen and oxygen atoms in total. The predicted molar refractivity (Wildman–Crippen MR) is 77.0 cm³/mol. The second-order valence-corrected chi connectivity index (χ2v) is 5.10. The molecule has 2 rings (SSSR count). The van der Waals surface area contributed by atoms with Crippen LogP contribution in [0.25, 0.3) is 0 Å². The first-order valence-electron chi connectivity index (χ1n) is 7.07.